The zero-order chi connectivity index (χ0) is 40.1. The maximum atomic E-state index is 14.3. The van der Waals surface area contributed by atoms with Crippen LogP contribution in [0.4, 0.5) is 10.1 Å². The normalized spacial score (nSPS) is 15.8. The second-order valence-corrected chi connectivity index (χ2v) is 19.0. The molecule has 296 valence electrons. The number of nitrogens with two attached hydrogens (primary N) is 1. The van der Waals surface area contributed by atoms with Crippen molar-refractivity contribution in [3.05, 3.63) is 107 Å². The lowest BCUT2D eigenvalue weighted by molar-refractivity contribution is -0.130. The predicted molar refractivity (Wildman–Crippen MR) is 220 cm³/mol. The van der Waals surface area contributed by atoms with E-state index in [4.69, 9.17) is 5.73 Å². The van der Waals surface area contributed by atoms with Crippen LogP contribution in [-0.2, 0) is 31.6 Å². The van der Waals surface area contributed by atoms with Crippen molar-refractivity contribution in [3.63, 3.8) is 0 Å². The van der Waals surface area contributed by atoms with Crippen LogP contribution in [0.1, 0.15) is 57.2 Å². The van der Waals surface area contributed by atoms with Crippen LogP contribution in [0.2, 0.25) is 0 Å². The van der Waals surface area contributed by atoms with Crippen molar-refractivity contribution in [1.82, 2.24) is 20.3 Å². The van der Waals surface area contributed by atoms with E-state index in [9.17, 15) is 27.5 Å². The zero-order valence-corrected chi connectivity index (χ0v) is 34.1. The Morgan fingerprint density at radius 1 is 0.964 bits per heavy atom. The highest BCUT2D eigenvalue weighted by molar-refractivity contribution is 8.00. The first-order chi connectivity index (χ1) is 25.9. The summed E-state index contributed by atoms with van der Waals surface area (Å²) in [4.78, 5) is 27.8. The fraction of sp³-hybridized carbons (Fsp3) is 0.429. The zero-order valence-electron chi connectivity index (χ0n) is 32.4. The number of amides is 2. The van der Waals surface area contributed by atoms with E-state index >= 15 is 0 Å². The molecule has 1 aliphatic rings. The summed E-state index contributed by atoms with van der Waals surface area (Å²) in [6, 6.07) is 22.3. The molecule has 55 heavy (non-hydrogen) atoms. The molecule has 1 saturated carbocycles. The van der Waals surface area contributed by atoms with Gasteiger partial charge in [-0.1, -0.05) is 62.4 Å². The third-order valence-electron chi connectivity index (χ3n) is 10.4. The molecule has 13 heteroatoms. The number of aliphatic hydroxyl groups excluding tert-OH is 1. The molecule has 0 aliphatic heterocycles. The van der Waals surface area contributed by atoms with Crippen molar-refractivity contribution >= 4 is 50.1 Å². The Hall–Kier alpha value is -4.01. The summed E-state index contributed by atoms with van der Waals surface area (Å²) in [5.74, 6) is -1.35. The Kier molecular flexibility index (Phi) is 13.3. The molecular weight excluding hydrogens is 738 g/mol. The van der Waals surface area contributed by atoms with Gasteiger partial charge >= 0.3 is 0 Å². The Morgan fingerprint density at radius 2 is 1.67 bits per heavy atom. The van der Waals surface area contributed by atoms with Crippen molar-refractivity contribution < 1.29 is 27.5 Å². The summed E-state index contributed by atoms with van der Waals surface area (Å²) in [5.41, 5.74) is 8.70. The van der Waals surface area contributed by atoms with Crippen LogP contribution in [0, 0.1) is 18.7 Å². The molecule has 0 saturated heterocycles. The number of halogens is 1. The van der Waals surface area contributed by atoms with E-state index in [-0.39, 0.29) is 42.7 Å². The highest BCUT2D eigenvalue weighted by Gasteiger charge is 2.45. The van der Waals surface area contributed by atoms with Gasteiger partial charge in [0.25, 0.3) is 0 Å². The van der Waals surface area contributed by atoms with Crippen molar-refractivity contribution in [3.8, 4) is 0 Å². The summed E-state index contributed by atoms with van der Waals surface area (Å²) >= 11 is 1.40. The molecule has 0 radical (unpaired) electrons. The van der Waals surface area contributed by atoms with Crippen LogP contribution < -0.4 is 21.7 Å². The highest BCUT2D eigenvalue weighted by atomic mass is 32.2. The van der Waals surface area contributed by atoms with Gasteiger partial charge < -0.3 is 21.5 Å². The summed E-state index contributed by atoms with van der Waals surface area (Å²) in [7, 11) is -4.10. The molecule has 0 spiro atoms. The molecule has 2 amide bonds. The van der Waals surface area contributed by atoms with Crippen molar-refractivity contribution in [2.45, 2.75) is 87.3 Å². The van der Waals surface area contributed by atoms with Gasteiger partial charge in [-0.05, 0) is 116 Å². The van der Waals surface area contributed by atoms with Crippen LogP contribution in [0.25, 0.3) is 10.8 Å². The Labute approximate surface area is 328 Å². The van der Waals surface area contributed by atoms with Crippen LogP contribution in [0.5, 0.6) is 0 Å². The third-order valence-corrected chi connectivity index (χ3v) is 13.5. The number of nitrogen functional groups attached to an aromatic ring is 1. The Balaban J connectivity index is 1.37. The number of benzene rings is 4. The quantitative estimate of drug-likeness (QED) is 0.0828. The van der Waals surface area contributed by atoms with Gasteiger partial charge in [-0.3, -0.25) is 14.9 Å². The number of rotatable bonds is 18. The largest absolute Gasteiger partial charge is 0.398 e. The SMILES string of the molecule is CSC(C)(C)[C@H](NC(=O)CNC1(c2cccc(F)c2)CC1)C(=O)N[C@@H](Cc1ccccc1)[C@H](O)CN(CC(C)C)S(=O)(=O)c1ccc2cc(C)c(N)cc2c1. The monoisotopic (exact) mass is 791 g/mol. The number of fused-ring (bicyclic) bond motifs is 1. The topological polar surface area (TPSA) is 154 Å². The van der Waals surface area contributed by atoms with Crippen molar-refractivity contribution in [2.75, 3.05) is 31.6 Å². The Morgan fingerprint density at radius 3 is 2.31 bits per heavy atom. The molecule has 10 nitrogen and oxygen atoms in total. The van der Waals surface area contributed by atoms with Gasteiger partial charge in [0, 0.05) is 29.1 Å². The number of carbonyl (C=O) groups is 2. The van der Waals surface area contributed by atoms with Gasteiger partial charge in [-0.15, -0.1) is 0 Å². The van der Waals surface area contributed by atoms with Gasteiger partial charge in [0.2, 0.25) is 21.8 Å². The first-order valence-electron chi connectivity index (χ1n) is 18.6. The molecule has 4 aromatic carbocycles. The average molecular weight is 792 g/mol. The summed E-state index contributed by atoms with van der Waals surface area (Å²) in [6.45, 7) is 9.14. The molecule has 5 rings (SSSR count). The van der Waals surface area contributed by atoms with Crippen LogP contribution in [-0.4, -0.2) is 78.5 Å². The molecule has 0 heterocycles. The molecular formula is C42H54FN5O5S2. The van der Waals surface area contributed by atoms with Gasteiger partial charge in [0.1, 0.15) is 11.9 Å². The second-order valence-electron chi connectivity index (χ2n) is 15.6. The molecule has 0 unspecified atom stereocenters. The van der Waals surface area contributed by atoms with Crippen molar-refractivity contribution in [1.29, 1.82) is 0 Å². The van der Waals surface area contributed by atoms with E-state index in [0.717, 1.165) is 34.9 Å². The number of thioether (sulfide) groups is 1. The molecule has 0 aromatic heterocycles. The molecule has 6 N–H and O–H groups in total. The number of anilines is 1. The minimum Gasteiger partial charge on any atom is -0.398 e. The van der Waals surface area contributed by atoms with Gasteiger partial charge in [0.05, 0.1) is 23.6 Å². The maximum Gasteiger partial charge on any atom is 0.244 e. The molecule has 1 aliphatic carbocycles. The minimum atomic E-state index is -4.10. The number of nitrogens with one attached hydrogen (secondary N) is 3. The number of carbonyl (C=O) groups excluding carboxylic acids is 2. The van der Waals surface area contributed by atoms with E-state index in [1.165, 1.54) is 28.2 Å². The summed E-state index contributed by atoms with van der Waals surface area (Å²) in [6.07, 6.45) is 2.23. The highest BCUT2D eigenvalue weighted by Crippen LogP contribution is 2.45. The predicted octanol–water partition coefficient (Wildman–Crippen LogP) is 5.51. The van der Waals surface area contributed by atoms with Crippen LogP contribution in [0.3, 0.4) is 0 Å². The maximum absolute atomic E-state index is 14.3. The summed E-state index contributed by atoms with van der Waals surface area (Å²) < 4.78 is 43.0. The van der Waals surface area contributed by atoms with Crippen LogP contribution in [0.15, 0.2) is 89.8 Å². The lowest BCUT2D eigenvalue weighted by atomic mass is 9.97. The standard InChI is InChI=1S/C42H54FN5O5S2/c1-27(2)25-48(55(52,53)34-16-15-30-19-28(3)35(44)22-31(30)21-34)26-37(49)36(20-29-11-8-7-9-12-29)46-40(51)39(41(4,5)54-6)47-38(50)24-45-42(17-18-42)32-13-10-14-33(43)23-32/h7-16,19,21-23,27,36-37,39,45,49H,17-18,20,24-26,44H2,1-6H3,(H,46,51)(H,47,50)/t36-,37+,39+/m0/s1. The number of aliphatic hydroxyl groups is 1. The average Bonchev–Trinajstić information content (AvgIpc) is 3.94. The van der Waals surface area contributed by atoms with Gasteiger partial charge in [-0.25, -0.2) is 12.8 Å². The van der Waals surface area contributed by atoms with E-state index in [2.05, 4.69) is 16.0 Å². The number of nitrogens with zero attached hydrogens (tertiary/aromatic N) is 1. The molecule has 0 bridgehead atoms. The number of hydrogen-bond donors (Lipinski definition) is 5. The first kappa shape index (κ1) is 42.1. The Bertz CT molecular complexity index is 2090. The van der Waals surface area contributed by atoms with Crippen molar-refractivity contribution in [2.24, 2.45) is 5.92 Å². The number of sulfonamides is 1. The van der Waals surface area contributed by atoms with E-state index in [1.54, 1.807) is 30.3 Å². The second kappa shape index (κ2) is 17.4. The lowest BCUT2D eigenvalue weighted by Crippen LogP contribution is -2.61. The smallest absolute Gasteiger partial charge is 0.244 e. The minimum absolute atomic E-state index is 0.0724. The number of hydrogen-bond acceptors (Lipinski definition) is 8. The van der Waals surface area contributed by atoms with E-state index < -0.39 is 50.3 Å². The molecule has 4 aromatic rings. The fourth-order valence-corrected chi connectivity index (χ4v) is 8.82. The lowest BCUT2D eigenvalue weighted by Gasteiger charge is -2.35. The third kappa shape index (κ3) is 10.4. The molecule has 3 atom stereocenters. The van der Waals surface area contributed by atoms with E-state index in [0.29, 0.717) is 11.1 Å². The van der Waals surface area contributed by atoms with Gasteiger partial charge in [-0.2, -0.15) is 16.1 Å². The number of aryl methyl sites for hydroxylation is 1. The van der Waals surface area contributed by atoms with Gasteiger partial charge in [0.15, 0.2) is 0 Å². The molecule has 1 fully saturated rings. The van der Waals surface area contributed by atoms with E-state index in [1.807, 2.05) is 83.3 Å². The first-order valence-corrected chi connectivity index (χ1v) is 21.3. The fourth-order valence-electron chi connectivity index (χ4n) is 6.76. The summed E-state index contributed by atoms with van der Waals surface area (Å²) in [5, 5.41) is 22.6. The van der Waals surface area contributed by atoms with Crippen LogP contribution >= 0.6 is 11.8 Å².